The van der Waals surface area contributed by atoms with Gasteiger partial charge in [0, 0.05) is 45.3 Å². The quantitative estimate of drug-likeness (QED) is 0.724. The molecule has 3 nitrogen and oxygen atoms in total. The molecule has 100 valence electrons. The Balaban J connectivity index is 1.63. The van der Waals surface area contributed by atoms with Crippen LogP contribution in [0.3, 0.4) is 0 Å². The lowest BCUT2D eigenvalue weighted by Crippen LogP contribution is -2.50. The predicted octanol–water partition coefficient (Wildman–Crippen LogP) is 1.40. The van der Waals surface area contributed by atoms with Crippen molar-refractivity contribution in [1.82, 2.24) is 15.1 Å². The molecule has 3 heteroatoms. The standard InChI is InChI=1S/C14H29N3/c1-3-14(15-4-2)12-17-9-7-16(8-10-17)11-13-5-6-13/h13-15H,3-12H2,1-2H3. The maximum Gasteiger partial charge on any atom is 0.0192 e. The molecule has 0 aromatic carbocycles. The summed E-state index contributed by atoms with van der Waals surface area (Å²) in [6.45, 7) is 13.3. The minimum Gasteiger partial charge on any atom is -0.313 e. The molecule has 2 rings (SSSR count). The van der Waals surface area contributed by atoms with Crippen LogP contribution in [0, 0.1) is 5.92 Å². The summed E-state index contributed by atoms with van der Waals surface area (Å²) in [4.78, 5) is 5.31. The monoisotopic (exact) mass is 239 g/mol. The normalized spacial score (nSPS) is 25.1. The van der Waals surface area contributed by atoms with E-state index in [0.717, 1.165) is 12.5 Å². The number of hydrogen-bond donors (Lipinski definition) is 1. The first kappa shape index (κ1) is 13.3. The van der Waals surface area contributed by atoms with Crippen molar-refractivity contribution in [2.24, 2.45) is 5.92 Å². The zero-order valence-corrected chi connectivity index (χ0v) is 11.6. The highest BCUT2D eigenvalue weighted by atomic mass is 15.3. The average molecular weight is 239 g/mol. The first-order chi connectivity index (χ1) is 8.31. The van der Waals surface area contributed by atoms with Crippen LogP contribution in [-0.2, 0) is 0 Å². The van der Waals surface area contributed by atoms with Gasteiger partial charge in [0.15, 0.2) is 0 Å². The van der Waals surface area contributed by atoms with Crippen LogP contribution in [0.1, 0.15) is 33.1 Å². The van der Waals surface area contributed by atoms with Crippen molar-refractivity contribution in [3.63, 3.8) is 0 Å². The van der Waals surface area contributed by atoms with E-state index in [0.29, 0.717) is 6.04 Å². The van der Waals surface area contributed by atoms with E-state index in [4.69, 9.17) is 0 Å². The number of likely N-dealkylation sites (N-methyl/N-ethyl adjacent to an activating group) is 1. The van der Waals surface area contributed by atoms with Crippen molar-refractivity contribution in [3.8, 4) is 0 Å². The molecule has 1 N–H and O–H groups in total. The Bertz CT molecular complexity index is 208. The van der Waals surface area contributed by atoms with E-state index in [1.54, 1.807) is 0 Å². The number of nitrogens with zero attached hydrogens (tertiary/aromatic N) is 2. The SMILES string of the molecule is CCNC(CC)CN1CCN(CC2CC2)CC1. The molecule has 0 aromatic heterocycles. The summed E-state index contributed by atoms with van der Waals surface area (Å²) >= 11 is 0. The molecule has 0 bridgehead atoms. The van der Waals surface area contributed by atoms with Crippen LogP contribution in [0.4, 0.5) is 0 Å². The maximum absolute atomic E-state index is 3.58. The van der Waals surface area contributed by atoms with Gasteiger partial charge in [0.1, 0.15) is 0 Å². The highest BCUT2D eigenvalue weighted by Gasteiger charge is 2.26. The van der Waals surface area contributed by atoms with Gasteiger partial charge in [-0.3, -0.25) is 4.90 Å². The summed E-state index contributed by atoms with van der Waals surface area (Å²) in [5, 5.41) is 3.58. The van der Waals surface area contributed by atoms with Crippen molar-refractivity contribution in [1.29, 1.82) is 0 Å². The molecule has 0 spiro atoms. The fourth-order valence-corrected chi connectivity index (χ4v) is 2.76. The number of piperazine rings is 1. The fourth-order valence-electron chi connectivity index (χ4n) is 2.76. The third-order valence-corrected chi connectivity index (χ3v) is 4.14. The van der Waals surface area contributed by atoms with E-state index in [-0.39, 0.29) is 0 Å². The van der Waals surface area contributed by atoms with Gasteiger partial charge in [0.25, 0.3) is 0 Å². The van der Waals surface area contributed by atoms with E-state index < -0.39 is 0 Å². The highest BCUT2D eigenvalue weighted by Crippen LogP contribution is 2.29. The summed E-state index contributed by atoms with van der Waals surface area (Å²) in [5.74, 6) is 1.05. The Hall–Kier alpha value is -0.120. The molecule has 1 aliphatic carbocycles. The summed E-state index contributed by atoms with van der Waals surface area (Å²) < 4.78 is 0. The Labute approximate surface area is 107 Å². The van der Waals surface area contributed by atoms with Crippen molar-refractivity contribution in [3.05, 3.63) is 0 Å². The molecular weight excluding hydrogens is 210 g/mol. The van der Waals surface area contributed by atoms with Gasteiger partial charge in [0.2, 0.25) is 0 Å². The second kappa shape index (κ2) is 6.72. The van der Waals surface area contributed by atoms with Crippen LogP contribution in [0.2, 0.25) is 0 Å². The summed E-state index contributed by atoms with van der Waals surface area (Å²) in [6.07, 6.45) is 4.22. The lowest BCUT2D eigenvalue weighted by Gasteiger charge is -2.36. The zero-order valence-electron chi connectivity index (χ0n) is 11.6. The molecule has 2 aliphatic rings. The number of nitrogens with one attached hydrogen (secondary N) is 1. The second-order valence-corrected chi connectivity index (χ2v) is 5.71. The highest BCUT2D eigenvalue weighted by molar-refractivity contribution is 4.81. The van der Waals surface area contributed by atoms with Gasteiger partial charge < -0.3 is 10.2 Å². The summed E-state index contributed by atoms with van der Waals surface area (Å²) in [6, 6.07) is 0.690. The molecule has 2 fully saturated rings. The largest absolute Gasteiger partial charge is 0.313 e. The lowest BCUT2D eigenvalue weighted by atomic mass is 10.2. The molecule has 0 radical (unpaired) electrons. The Morgan fingerprint density at radius 1 is 1.06 bits per heavy atom. The Morgan fingerprint density at radius 3 is 2.24 bits per heavy atom. The van der Waals surface area contributed by atoms with Crippen molar-refractivity contribution < 1.29 is 0 Å². The summed E-state index contributed by atoms with van der Waals surface area (Å²) in [7, 11) is 0. The first-order valence-corrected chi connectivity index (χ1v) is 7.50. The van der Waals surface area contributed by atoms with Gasteiger partial charge in [-0.05, 0) is 31.7 Å². The third-order valence-electron chi connectivity index (χ3n) is 4.14. The lowest BCUT2D eigenvalue weighted by molar-refractivity contribution is 0.119. The number of rotatable bonds is 7. The summed E-state index contributed by atoms with van der Waals surface area (Å²) in [5.41, 5.74) is 0. The van der Waals surface area contributed by atoms with Gasteiger partial charge in [-0.25, -0.2) is 0 Å². The molecule has 1 saturated heterocycles. The second-order valence-electron chi connectivity index (χ2n) is 5.71. The van der Waals surface area contributed by atoms with E-state index >= 15 is 0 Å². The molecule has 1 heterocycles. The first-order valence-electron chi connectivity index (χ1n) is 7.50. The molecular formula is C14H29N3. The third kappa shape index (κ3) is 4.57. The van der Waals surface area contributed by atoms with Crippen LogP contribution >= 0.6 is 0 Å². The topological polar surface area (TPSA) is 18.5 Å². The minimum absolute atomic E-state index is 0.690. The van der Waals surface area contributed by atoms with Crippen LogP contribution < -0.4 is 5.32 Å². The van der Waals surface area contributed by atoms with Crippen molar-refractivity contribution in [2.45, 2.75) is 39.2 Å². The van der Waals surface area contributed by atoms with Crippen LogP contribution in [0.15, 0.2) is 0 Å². The molecule has 0 aromatic rings. The van der Waals surface area contributed by atoms with Crippen molar-refractivity contribution in [2.75, 3.05) is 45.8 Å². The molecule has 1 unspecified atom stereocenters. The van der Waals surface area contributed by atoms with Crippen LogP contribution in [0.5, 0.6) is 0 Å². The van der Waals surface area contributed by atoms with E-state index in [1.165, 1.54) is 58.5 Å². The van der Waals surface area contributed by atoms with Crippen LogP contribution in [0.25, 0.3) is 0 Å². The predicted molar refractivity (Wildman–Crippen MR) is 73.4 cm³/mol. The number of hydrogen-bond acceptors (Lipinski definition) is 3. The average Bonchev–Trinajstić information content (AvgIpc) is 3.15. The van der Waals surface area contributed by atoms with E-state index in [1.807, 2.05) is 0 Å². The molecule has 1 atom stereocenters. The maximum atomic E-state index is 3.58. The van der Waals surface area contributed by atoms with E-state index in [9.17, 15) is 0 Å². The Kier molecular flexibility index (Phi) is 5.26. The van der Waals surface area contributed by atoms with Gasteiger partial charge in [0.05, 0.1) is 0 Å². The van der Waals surface area contributed by atoms with Gasteiger partial charge in [-0.15, -0.1) is 0 Å². The van der Waals surface area contributed by atoms with Gasteiger partial charge in [-0.1, -0.05) is 13.8 Å². The molecule has 1 aliphatic heterocycles. The van der Waals surface area contributed by atoms with Crippen LogP contribution in [-0.4, -0.2) is 61.7 Å². The molecule has 17 heavy (non-hydrogen) atoms. The Morgan fingerprint density at radius 2 is 1.71 bits per heavy atom. The smallest absolute Gasteiger partial charge is 0.0192 e. The van der Waals surface area contributed by atoms with Crippen molar-refractivity contribution >= 4 is 0 Å². The van der Waals surface area contributed by atoms with Gasteiger partial charge in [-0.2, -0.15) is 0 Å². The minimum atomic E-state index is 0.690. The van der Waals surface area contributed by atoms with E-state index in [2.05, 4.69) is 29.0 Å². The van der Waals surface area contributed by atoms with Gasteiger partial charge >= 0.3 is 0 Å². The fraction of sp³-hybridized carbons (Fsp3) is 1.00. The molecule has 0 amide bonds. The zero-order chi connectivity index (χ0) is 12.1. The molecule has 1 saturated carbocycles.